The normalized spacial score (nSPS) is 32.2. The van der Waals surface area contributed by atoms with Crippen molar-refractivity contribution in [3.8, 4) is 0 Å². The number of carbonyl (C=O) groups excluding carboxylic acids is 2. The first-order chi connectivity index (χ1) is 10.1. The number of benzene rings is 1. The van der Waals surface area contributed by atoms with E-state index in [-0.39, 0.29) is 17.8 Å². The molecule has 0 radical (unpaired) electrons. The lowest BCUT2D eigenvalue weighted by Crippen LogP contribution is -2.59. The quantitative estimate of drug-likeness (QED) is 0.631. The third-order valence-electron chi connectivity index (χ3n) is 5.09. The number of ketones is 1. The first kappa shape index (κ1) is 14.3. The minimum absolute atomic E-state index is 0.0381. The van der Waals surface area contributed by atoms with Gasteiger partial charge in [-0.05, 0) is 25.3 Å². The number of hydrogen-bond donors (Lipinski definition) is 0. The molecular formula is C17H21NO3. The molecular weight excluding hydrogens is 266 g/mol. The number of rotatable bonds is 3. The fourth-order valence-electron chi connectivity index (χ4n) is 3.99. The van der Waals surface area contributed by atoms with Crippen LogP contribution in [-0.4, -0.2) is 35.3 Å². The molecule has 2 saturated heterocycles. The largest absolute Gasteiger partial charge is 0.468 e. The van der Waals surface area contributed by atoms with E-state index in [1.807, 2.05) is 25.1 Å². The van der Waals surface area contributed by atoms with Gasteiger partial charge in [0.1, 0.15) is 5.92 Å². The number of Topliss-reactive ketones (excluding diaryl/α,β-unsaturated/α-hetero) is 1. The predicted molar refractivity (Wildman–Crippen MR) is 78.5 cm³/mol. The Morgan fingerprint density at radius 2 is 2.10 bits per heavy atom. The van der Waals surface area contributed by atoms with Crippen LogP contribution in [0.5, 0.6) is 0 Å². The molecule has 1 aromatic carbocycles. The molecule has 4 nitrogen and oxygen atoms in total. The van der Waals surface area contributed by atoms with E-state index in [9.17, 15) is 9.59 Å². The molecule has 3 atom stereocenters. The molecule has 2 fully saturated rings. The van der Waals surface area contributed by atoms with E-state index >= 15 is 0 Å². The highest BCUT2D eigenvalue weighted by Gasteiger charge is 2.57. The second kappa shape index (κ2) is 5.26. The molecule has 0 saturated carbocycles. The van der Waals surface area contributed by atoms with Gasteiger partial charge in [-0.25, -0.2) is 0 Å². The van der Waals surface area contributed by atoms with Crippen LogP contribution in [0.1, 0.15) is 31.7 Å². The molecule has 2 heterocycles. The summed E-state index contributed by atoms with van der Waals surface area (Å²) in [4.78, 5) is 26.8. The molecule has 0 N–H and O–H groups in total. The Morgan fingerprint density at radius 1 is 1.38 bits per heavy atom. The summed E-state index contributed by atoms with van der Waals surface area (Å²) < 4.78 is 4.89. The zero-order valence-electron chi connectivity index (χ0n) is 12.5. The number of methoxy groups -OCH3 is 1. The Labute approximate surface area is 125 Å². The maximum Gasteiger partial charge on any atom is 0.318 e. The smallest absolute Gasteiger partial charge is 0.318 e. The maximum absolute atomic E-state index is 12.3. The molecule has 1 aromatic rings. The van der Waals surface area contributed by atoms with Crippen molar-refractivity contribution in [1.29, 1.82) is 0 Å². The van der Waals surface area contributed by atoms with Gasteiger partial charge in [0.25, 0.3) is 0 Å². The Hall–Kier alpha value is -1.68. The maximum atomic E-state index is 12.3. The molecule has 112 valence electrons. The van der Waals surface area contributed by atoms with Crippen LogP contribution >= 0.6 is 0 Å². The van der Waals surface area contributed by atoms with Crippen molar-refractivity contribution in [2.45, 2.75) is 44.3 Å². The Kier molecular flexibility index (Phi) is 3.57. The molecule has 2 aliphatic heterocycles. The van der Waals surface area contributed by atoms with Gasteiger partial charge >= 0.3 is 5.97 Å². The highest BCUT2D eigenvalue weighted by molar-refractivity contribution is 6.01. The Morgan fingerprint density at radius 3 is 2.76 bits per heavy atom. The van der Waals surface area contributed by atoms with Gasteiger partial charge in [0.05, 0.1) is 7.11 Å². The lowest BCUT2D eigenvalue weighted by molar-refractivity contribution is -0.159. The highest BCUT2D eigenvalue weighted by Crippen LogP contribution is 2.46. The van der Waals surface area contributed by atoms with Gasteiger partial charge < -0.3 is 4.74 Å². The number of hydrogen-bond acceptors (Lipinski definition) is 4. The summed E-state index contributed by atoms with van der Waals surface area (Å²) in [5.41, 5.74) is 0.803. The lowest BCUT2D eigenvalue weighted by Gasteiger charge is -2.45. The number of esters is 1. The van der Waals surface area contributed by atoms with Crippen LogP contribution in [0, 0.1) is 5.92 Å². The predicted octanol–water partition coefficient (Wildman–Crippen LogP) is 2.17. The summed E-state index contributed by atoms with van der Waals surface area (Å²) in [6.45, 7) is 2.82. The molecule has 0 aromatic heterocycles. The molecule has 0 amide bonds. The van der Waals surface area contributed by atoms with Crippen LogP contribution < -0.4 is 0 Å². The molecule has 0 spiro atoms. The average Bonchev–Trinajstić information content (AvgIpc) is 2.70. The summed E-state index contributed by atoms with van der Waals surface area (Å²) in [5.74, 6) is -0.998. The van der Waals surface area contributed by atoms with Crippen molar-refractivity contribution in [2.75, 3.05) is 7.11 Å². The molecule has 0 aliphatic carbocycles. The van der Waals surface area contributed by atoms with E-state index in [1.54, 1.807) is 0 Å². The van der Waals surface area contributed by atoms with E-state index in [2.05, 4.69) is 17.0 Å². The number of fused-ring (bicyclic) bond motifs is 2. The van der Waals surface area contributed by atoms with E-state index in [1.165, 1.54) is 12.7 Å². The number of carbonyl (C=O) groups is 2. The molecule has 3 unspecified atom stereocenters. The monoisotopic (exact) mass is 287 g/mol. The van der Waals surface area contributed by atoms with Gasteiger partial charge in [0.15, 0.2) is 5.78 Å². The summed E-state index contributed by atoms with van der Waals surface area (Å²) in [6.07, 6.45) is 2.31. The third-order valence-corrected chi connectivity index (χ3v) is 5.09. The van der Waals surface area contributed by atoms with Crippen molar-refractivity contribution < 1.29 is 14.3 Å². The van der Waals surface area contributed by atoms with Crippen LogP contribution in [-0.2, 0) is 20.9 Å². The summed E-state index contributed by atoms with van der Waals surface area (Å²) >= 11 is 0. The van der Waals surface area contributed by atoms with Gasteiger partial charge in [-0.15, -0.1) is 0 Å². The van der Waals surface area contributed by atoms with Gasteiger partial charge in [0.2, 0.25) is 0 Å². The third kappa shape index (κ3) is 2.27. The van der Waals surface area contributed by atoms with Crippen LogP contribution in [0.2, 0.25) is 0 Å². The first-order valence-corrected chi connectivity index (χ1v) is 7.47. The Bertz CT molecular complexity index is 556. The van der Waals surface area contributed by atoms with Gasteiger partial charge in [0, 0.05) is 24.5 Å². The zero-order valence-corrected chi connectivity index (χ0v) is 12.5. The van der Waals surface area contributed by atoms with Gasteiger partial charge in [-0.1, -0.05) is 30.3 Å². The van der Waals surface area contributed by atoms with Crippen molar-refractivity contribution >= 4 is 11.8 Å². The van der Waals surface area contributed by atoms with E-state index < -0.39 is 11.5 Å². The van der Waals surface area contributed by atoms with Crippen LogP contribution in [0.4, 0.5) is 0 Å². The zero-order chi connectivity index (χ0) is 15.0. The summed E-state index contributed by atoms with van der Waals surface area (Å²) in [6, 6.07) is 10.5. The van der Waals surface area contributed by atoms with Crippen molar-refractivity contribution in [1.82, 2.24) is 4.90 Å². The van der Waals surface area contributed by atoms with Gasteiger partial charge in [-0.3, -0.25) is 14.5 Å². The van der Waals surface area contributed by atoms with Crippen molar-refractivity contribution in [2.24, 2.45) is 5.92 Å². The first-order valence-electron chi connectivity index (χ1n) is 7.47. The number of nitrogens with zero attached hydrogens (tertiary/aromatic N) is 1. The molecule has 3 rings (SSSR count). The summed E-state index contributed by atoms with van der Waals surface area (Å²) in [7, 11) is 1.36. The molecule has 2 bridgehead atoms. The van der Waals surface area contributed by atoms with E-state index in [4.69, 9.17) is 4.74 Å². The second-order valence-electron chi connectivity index (χ2n) is 6.29. The van der Waals surface area contributed by atoms with Crippen LogP contribution in [0.3, 0.4) is 0 Å². The number of piperidine rings is 1. The molecule has 21 heavy (non-hydrogen) atoms. The minimum Gasteiger partial charge on any atom is -0.468 e. The van der Waals surface area contributed by atoms with Crippen LogP contribution in [0.15, 0.2) is 30.3 Å². The van der Waals surface area contributed by atoms with Crippen molar-refractivity contribution in [3.05, 3.63) is 35.9 Å². The fourth-order valence-corrected chi connectivity index (χ4v) is 3.99. The van der Waals surface area contributed by atoms with Crippen LogP contribution in [0.25, 0.3) is 0 Å². The highest BCUT2D eigenvalue weighted by atomic mass is 16.5. The summed E-state index contributed by atoms with van der Waals surface area (Å²) in [5, 5.41) is 0. The molecule has 4 heteroatoms. The van der Waals surface area contributed by atoms with E-state index in [0.717, 1.165) is 19.4 Å². The number of ether oxygens (including phenoxy) is 1. The lowest BCUT2D eigenvalue weighted by atomic mass is 9.77. The van der Waals surface area contributed by atoms with Crippen molar-refractivity contribution in [3.63, 3.8) is 0 Å². The minimum atomic E-state index is -0.648. The molecule has 2 aliphatic rings. The average molecular weight is 287 g/mol. The van der Waals surface area contributed by atoms with Gasteiger partial charge in [-0.2, -0.15) is 0 Å². The Balaban J connectivity index is 1.91. The topological polar surface area (TPSA) is 46.6 Å². The fraction of sp³-hybridized carbons (Fsp3) is 0.529. The SMILES string of the molecule is COC(=O)C1C(=O)CC2CCC1(C)N2Cc1ccccc1. The second-order valence-corrected chi connectivity index (χ2v) is 6.29. The standard InChI is InChI=1S/C17H21NO3/c1-17-9-8-13(10-14(19)15(17)16(20)21-2)18(17)11-12-6-4-3-5-7-12/h3-7,13,15H,8-11H2,1-2H3. The van der Waals surface area contributed by atoms with E-state index in [0.29, 0.717) is 6.42 Å².